The summed E-state index contributed by atoms with van der Waals surface area (Å²) < 4.78 is 27.0. The molecule has 1 aliphatic heterocycles. The molecule has 0 radical (unpaired) electrons. The van der Waals surface area contributed by atoms with Gasteiger partial charge in [0.2, 0.25) is 10.0 Å². The first kappa shape index (κ1) is 20.1. The van der Waals surface area contributed by atoms with Crippen LogP contribution in [0.4, 0.5) is 10.5 Å². The van der Waals surface area contributed by atoms with Crippen LogP contribution in [0.15, 0.2) is 29.3 Å². The fourth-order valence-corrected chi connectivity index (χ4v) is 5.72. The first-order valence-electron chi connectivity index (χ1n) is 8.50. The SMILES string of the molecule is Cc1ncc(CN(C)C(=O)Nc2ccc(Cl)c(S(=O)(=O)N3CCCC3)c2)s1. The van der Waals surface area contributed by atoms with Crippen molar-refractivity contribution >= 4 is 44.7 Å². The molecule has 0 atom stereocenters. The van der Waals surface area contributed by atoms with Gasteiger partial charge in [0.15, 0.2) is 0 Å². The molecular weight excluding hydrogens is 408 g/mol. The van der Waals surface area contributed by atoms with Crippen LogP contribution in [0.25, 0.3) is 0 Å². The van der Waals surface area contributed by atoms with Gasteiger partial charge < -0.3 is 10.2 Å². The molecule has 2 heterocycles. The number of thiazole rings is 1. The maximum absolute atomic E-state index is 12.8. The van der Waals surface area contributed by atoms with Gasteiger partial charge in [-0.15, -0.1) is 11.3 Å². The van der Waals surface area contributed by atoms with E-state index in [1.807, 2.05) is 6.92 Å². The Morgan fingerprint density at radius 2 is 2.07 bits per heavy atom. The highest BCUT2D eigenvalue weighted by molar-refractivity contribution is 7.89. The monoisotopic (exact) mass is 428 g/mol. The molecule has 1 saturated heterocycles. The molecule has 0 saturated carbocycles. The third-order valence-electron chi connectivity index (χ3n) is 4.27. The van der Waals surface area contributed by atoms with E-state index in [0.29, 0.717) is 25.3 Å². The van der Waals surface area contributed by atoms with E-state index in [-0.39, 0.29) is 15.9 Å². The van der Waals surface area contributed by atoms with Crippen molar-refractivity contribution in [3.8, 4) is 0 Å². The van der Waals surface area contributed by atoms with Gasteiger partial charge in [-0.1, -0.05) is 11.6 Å². The van der Waals surface area contributed by atoms with Crippen LogP contribution in [0.3, 0.4) is 0 Å². The lowest BCUT2D eigenvalue weighted by Gasteiger charge is -2.19. The molecule has 10 heteroatoms. The van der Waals surface area contributed by atoms with Crippen molar-refractivity contribution in [1.82, 2.24) is 14.2 Å². The van der Waals surface area contributed by atoms with E-state index in [9.17, 15) is 13.2 Å². The fourth-order valence-electron chi connectivity index (χ4n) is 2.85. The first-order chi connectivity index (χ1) is 12.8. The van der Waals surface area contributed by atoms with Gasteiger partial charge in [0.1, 0.15) is 4.90 Å². The topological polar surface area (TPSA) is 82.6 Å². The van der Waals surface area contributed by atoms with E-state index in [4.69, 9.17) is 11.6 Å². The predicted molar refractivity (Wildman–Crippen MR) is 107 cm³/mol. The van der Waals surface area contributed by atoms with Crippen molar-refractivity contribution in [1.29, 1.82) is 0 Å². The van der Waals surface area contributed by atoms with E-state index in [0.717, 1.165) is 22.7 Å². The largest absolute Gasteiger partial charge is 0.322 e. The number of hydrogen-bond acceptors (Lipinski definition) is 5. The molecule has 0 aliphatic carbocycles. The van der Waals surface area contributed by atoms with Crippen molar-refractivity contribution in [2.75, 3.05) is 25.5 Å². The van der Waals surface area contributed by atoms with Gasteiger partial charge >= 0.3 is 6.03 Å². The number of urea groups is 1. The molecule has 0 bridgehead atoms. The minimum Gasteiger partial charge on any atom is -0.322 e. The third kappa shape index (κ3) is 4.60. The molecule has 3 rings (SSSR count). The van der Waals surface area contributed by atoms with Gasteiger partial charge in [0, 0.05) is 36.9 Å². The number of hydrogen-bond donors (Lipinski definition) is 1. The molecular formula is C17H21ClN4O3S2. The summed E-state index contributed by atoms with van der Waals surface area (Å²) in [5, 5.41) is 3.81. The minimum absolute atomic E-state index is 0.0181. The number of benzene rings is 1. The lowest BCUT2D eigenvalue weighted by Crippen LogP contribution is -2.31. The maximum atomic E-state index is 12.8. The Morgan fingerprint density at radius 3 is 2.70 bits per heavy atom. The Morgan fingerprint density at radius 1 is 1.37 bits per heavy atom. The molecule has 0 spiro atoms. The maximum Gasteiger partial charge on any atom is 0.321 e. The van der Waals surface area contributed by atoms with Crippen LogP contribution < -0.4 is 5.32 Å². The molecule has 1 aromatic heterocycles. The van der Waals surface area contributed by atoms with Crippen molar-refractivity contribution < 1.29 is 13.2 Å². The molecule has 2 aromatic rings. The molecule has 27 heavy (non-hydrogen) atoms. The van der Waals surface area contributed by atoms with Crippen LogP contribution in [0.2, 0.25) is 5.02 Å². The molecule has 1 fully saturated rings. The average Bonchev–Trinajstić information content (AvgIpc) is 3.28. The molecule has 2 amide bonds. The minimum atomic E-state index is -3.66. The second-order valence-corrected chi connectivity index (χ2v) is 10.0. The number of halogens is 1. The highest BCUT2D eigenvalue weighted by atomic mass is 35.5. The summed E-state index contributed by atoms with van der Waals surface area (Å²) in [6.07, 6.45) is 3.43. The Hall–Kier alpha value is -1.68. The van der Waals surface area contributed by atoms with E-state index < -0.39 is 10.0 Å². The number of carbonyl (C=O) groups is 1. The highest BCUT2D eigenvalue weighted by Crippen LogP contribution is 2.29. The van der Waals surface area contributed by atoms with E-state index in [1.54, 1.807) is 19.3 Å². The van der Waals surface area contributed by atoms with Gasteiger partial charge in [-0.2, -0.15) is 4.31 Å². The molecule has 0 unspecified atom stereocenters. The number of aromatic nitrogens is 1. The van der Waals surface area contributed by atoms with Crippen LogP contribution >= 0.6 is 22.9 Å². The average molecular weight is 429 g/mol. The van der Waals surface area contributed by atoms with Crippen LogP contribution in [-0.4, -0.2) is 48.8 Å². The van der Waals surface area contributed by atoms with E-state index in [1.165, 1.54) is 32.7 Å². The summed E-state index contributed by atoms with van der Waals surface area (Å²) in [6, 6.07) is 4.16. The Labute approximate surface area is 168 Å². The number of carbonyl (C=O) groups excluding carboxylic acids is 1. The Bertz CT molecular complexity index is 939. The van der Waals surface area contributed by atoms with Crippen LogP contribution in [-0.2, 0) is 16.6 Å². The van der Waals surface area contributed by atoms with Gasteiger partial charge in [0.25, 0.3) is 0 Å². The number of amides is 2. The molecule has 1 aromatic carbocycles. The third-order valence-corrected chi connectivity index (χ3v) is 7.55. The summed E-state index contributed by atoms with van der Waals surface area (Å²) >= 11 is 7.66. The zero-order valence-electron chi connectivity index (χ0n) is 15.1. The number of nitrogens with zero attached hydrogens (tertiary/aromatic N) is 3. The van der Waals surface area contributed by atoms with Gasteiger partial charge in [-0.05, 0) is 38.0 Å². The Kier molecular flexibility index (Phi) is 6.05. The second-order valence-electron chi connectivity index (χ2n) is 6.39. The van der Waals surface area contributed by atoms with Crippen molar-refractivity contribution in [2.24, 2.45) is 0 Å². The van der Waals surface area contributed by atoms with E-state index in [2.05, 4.69) is 10.3 Å². The molecule has 1 N–H and O–H groups in total. The molecule has 146 valence electrons. The number of nitrogens with one attached hydrogen (secondary N) is 1. The van der Waals surface area contributed by atoms with Crippen molar-refractivity contribution in [3.63, 3.8) is 0 Å². The van der Waals surface area contributed by atoms with Crippen LogP contribution in [0.1, 0.15) is 22.7 Å². The second kappa shape index (κ2) is 8.14. The smallest absolute Gasteiger partial charge is 0.321 e. The predicted octanol–water partition coefficient (Wildman–Crippen LogP) is 3.55. The normalized spacial score (nSPS) is 15.1. The quantitative estimate of drug-likeness (QED) is 0.789. The summed E-state index contributed by atoms with van der Waals surface area (Å²) in [4.78, 5) is 19.1. The molecule has 1 aliphatic rings. The summed E-state index contributed by atoms with van der Waals surface area (Å²) in [7, 11) is -1.99. The number of anilines is 1. The summed E-state index contributed by atoms with van der Waals surface area (Å²) in [5.74, 6) is 0. The lowest BCUT2D eigenvalue weighted by molar-refractivity contribution is 0.221. The van der Waals surface area contributed by atoms with Gasteiger partial charge in [-0.3, -0.25) is 0 Å². The van der Waals surface area contributed by atoms with Gasteiger partial charge in [0.05, 0.1) is 16.6 Å². The van der Waals surface area contributed by atoms with E-state index >= 15 is 0 Å². The zero-order chi connectivity index (χ0) is 19.6. The Balaban J connectivity index is 1.74. The number of rotatable bonds is 5. The van der Waals surface area contributed by atoms with Crippen molar-refractivity contribution in [3.05, 3.63) is 39.3 Å². The fraction of sp³-hybridized carbons (Fsp3) is 0.412. The highest BCUT2D eigenvalue weighted by Gasteiger charge is 2.29. The summed E-state index contributed by atoms with van der Waals surface area (Å²) in [5.41, 5.74) is 0.384. The number of sulfonamides is 1. The lowest BCUT2D eigenvalue weighted by atomic mass is 10.3. The number of aryl methyl sites for hydroxylation is 1. The first-order valence-corrected chi connectivity index (χ1v) is 11.1. The molecule has 7 nitrogen and oxygen atoms in total. The zero-order valence-corrected chi connectivity index (χ0v) is 17.5. The summed E-state index contributed by atoms with van der Waals surface area (Å²) in [6.45, 7) is 3.31. The van der Waals surface area contributed by atoms with Crippen molar-refractivity contribution in [2.45, 2.75) is 31.2 Å². The van der Waals surface area contributed by atoms with Crippen LogP contribution in [0.5, 0.6) is 0 Å². The standard InChI is InChI=1S/C17H21ClN4O3S2/c1-12-19-10-14(26-12)11-21(2)17(23)20-13-5-6-15(18)16(9-13)27(24,25)22-7-3-4-8-22/h5-6,9-10H,3-4,7-8,11H2,1-2H3,(H,20,23). The van der Waals surface area contributed by atoms with Gasteiger partial charge in [-0.25, -0.2) is 18.2 Å². The van der Waals surface area contributed by atoms with Crippen LogP contribution in [0, 0.1) is 6.92 Å².